The number of aliphatic hydroxyl groups is 1. The van der Waals surface area contributed by atoms with Crippen LogP contribution in [-0.2, 0) is 0 Å². The van der Waals surface area contributed by atoms with E-state index in [1.165, 1.54) is 6.07 Å². The first-order valence-corrected chi connectivity index (χ1v) is 8.63. The van der Waals surface area contributed by atoms with Crippen molar-refractivity contribution in [1.82, 2.24) is 15.2 Å². The van der Waals surface area contributed by atoms with E-state index in [1.54, 1.807) is 31.4 Å². The van der Waals surface area contributed by atoms with Crippen LogP contribution in [0.25, 0.3) is 0 Å². The third-order valence-corrected chi connectivity index (χ3v) is 4.30. The van der Waals surface area contributed by atoms with Gasteiger partial charge < -0.3 is 20.1 Å². The molecule has 1 aromatic heterocycles. The standard InChI is InChI=1S/C19H23FN4O2/c1-21-19(23-12-17(25)15-6-2-3-7-16(15)20)24-11-9-14(13-24)26-18-8-4-5-10-22-18/h2-8,10,14,17,25H,9,11-13H2,1H3,(H,21,23). The van der Waals surface area contributed by atoms with Crippen molar-refractivity contribution in [3.63, 3.8) is 0 Å². The third kappa shape index (κ3) is 4.49. The molecule has 0 aliphatic carbocycles. The van der Waals surface area contributed by atoms with Crippen molar-refractivity contribution in [1.29, 1.82) is 0 Å². The van der Waals surface area contributed by atoms with Crippen molar-refractivity contribution >= 4 is 5.96 Å². The van der Waals surface area contributed by atoms with Crippen LogP contribution in [0.4, 0.5) is 4.39 Å². The summed E-state index contributed by atoms with van der Waals surface area (Å²) in [4.78, 5) is 10.5. The maximum Gasteiger partial charge on any atom is 0.213 e. The molecule has 0 radical (unpaired) electrons. The summed E-state index contributed by atoms with van der Waals surface area (Å²) in [6, 6.07) is 11.8. The van der Waals surface area contributed by atoms with Gasteiger partial charge in [0.15, 0.2) is 5.96 Å². The van der Waals surface area contributed by atoms with Crippen LogP contribution in [0.3, 0.4) is 0 Å². The molecule has 7 heteroatoms. The number of benzene rings is 1. The molecule has 1 saturated heterocycles. The van der Waals surface area contributed by atoms with Crippen molar-refractivity contribution in [3.05, 3.63) is 60.0 Å². The van der Waals surface area contributed by atoms with Gasteiger partial charge in [-0.3, -0.25) is 4.99 Å². The van der Waals surface area contributed by atoms with E-state index in [-0.39, 0.29) is 18.2 Å². The van der Waals surface area contributed by atoms with Crippen LogP contribution in [0.1, 0.15) is 18.1 Å². The minimum Gasteiger partial charge on any atom is -0.472 e. The van der Waals surface area contributed by atoms with Crippen LogP contribution in [0, 0.1) is 5.82 Å². The fourth-order valence-corrected chi connectivity index (χ4v) is 2.98. The molecular formula is C19H23FN4O2. The lowest BCUT2D eigenvalue weighted by atomic mass is 10.1. The molecule has 0 spiro atoms. The number of hydrogen-bond donors (Lipinski definition) is 2. The molecule has 6 nitrogen and oxygen atoms in total. The van der Waals surface area contributed by atoms with Gasteiger partial charge in [0.05, 0.1) is 12.6 Å². The van der Waals surface area contributed by atoms with Crippen molar-refractivity contribution in [2.24, 2.45) is 4.99 Å². The van der Waals surface area contributed by atoms with Gasteiger partial charge >= 0.3 is 0 Å². The molecule has 0 amide bonds. The Balaban J connectivity index is 1.52. The van der Waals surface area contributed by atoms with Gasteiger partial charge in [0.25, 0.3) is 0 Å². The van der Waals surface area contributed by atoms with Crippen LogP contribution in [0.15, 0.2) is 53.7 Å². The third-order valence-electron chi connectivity index (χ3n) is 4.30. The average Bonchev–Trinajstić information content (AvgIpc) is 3.11. The first-order chi connectivity index (χ1) is 12.7. The summed E-state index contributed by atoms with van der Waals surface area (Å²) in [7, 11) is 1.69. The molecule has 2 N–H and O–H groups in total. The van der Waals surface area contributed by atoms with E-state index in [4.69, 9.17) is 4.74 Å². The zero-order chi connectivity index (χ0) is 18.4. The van der Waals surface area contributed by atoms with Crippen molar-refractivity contribution in [2.45, 2.75) is 18.6 Å². The van der Waals surface area contributed by atoms with E-state index in [0.717, 1.165) is 13.0 Å². The molecule has 1 aromatic carbocycles. The SMILES string of the molecule is CN=C(NCC(O)c1ccccc1F)N1CCC(Oc2ccccn2)C1. The Morgan fingerprint density at radius 2 is 2.19 bits per heavy atom. The van der Waals surface area contributed by atoms with Crippen molar-refractivity contribution in [3.8, 4) is 5.88 Å². The van der Waals surface area contributed by atoms with E-state index in [1.807, 2.05) is 18.2 Å². The number of rotatable bonds is 5. The lowest BCUT2D eigenvalue weighted by Crippen LogP contribution is -2.42. The van der Waals surface area contributed by atoms with Crippen LogP contribution < -0.4 is 10.1 Å². The monoisotopic (exact) mass is 358 g/mol. The van der Waals surface area contributed by atoms with Crippen LogP contribution in [0.5, 0.6) is 5.88 Å². The highest BCUT2D eigenvalue weighted by Crippen LogP contribution is 2.18. The van der Waals surface area contributed by atoms with Gasteiger partial charge in [-0.25, -0.2) is 9.37 Å². The fourth-order valence-electron chi connectivity index (χ4n) is 2.98. The van der Waals surface area contributed by atoms with Crippen molar-refractivity contribution < 1.29 is 14.2 Å². The van der Waals surface area contributed by atoms with Gasteiger partial charge in [-0.15, -0.1) is 0 Å². The summed E-state index contributed by atoms with van der Waals surface area (Å²) in [5.41, 5.74) is 0.272. The molecule has 2 unspecified atom stereocenters. The summed E-state index contributed by atoms with van der Waals surface area (Å²) in [5.74, 6) is 0.853. The van der Waals surface area contributed by atoms with E-state index in [9.17, 15) is 9.50 Å². The summed E-state index contributed by atoms with van der Waals surface area (Å²) in [6.07, 6.45) is 1.64. The number of halogens is 1. The number of nitrogens with one attached hydrogen (secondary N) is 1. The summed E-state index contributed by atoms with van der Waals surface area (Å²) >= 11 is 0. The molecule has 2 aromatic rings. The molecule has 138 valence electrons. The molecule has 2 atom stereocenters. The Kier molecular flexibility index (Phi) is 6.01. The zero-order valence-corrected chi connectivity index (χ0v) is 14.7. The Bertz CT molecular complexity index is 741. The molecule has 1 aliphatic rings. The van der Waals surface area contributed by atoms with Gasteiger partial charge in [-0.2, -0.15) is 0 Å². The van der Waals surface area contributed by atoms with Crippen LogP contribution in [-0.4, -0.2) is 53.7 Å². The lowest BCUT2D eigenvalue weighted by Gasteiger charge is -2.23. The number of aliphatic imine (C=N–C) groups is 1. The van der Waals surface area contributed by atoms with E-state index >= 15 is 0 Å². The maximum atomic E-state index is 13.8. The summed E-state index contributed by atoms with van der Waals surface area (Å²) in [6.45, 7) is 1.63. The predicted molar refractivity (Wildman–Crippen MR) is 97.6 cm³/mol. The Morgan fingerprint density at radius 3 is 2.92 bits per heavy atom. The van der Waals surface area contributed by atoms with E-state index in [2.05, 4.69) is 20.2 Å². The Hall–Kier alpha value is -2.67. The topological polar surface area (TPSA) is 70.0 Å². The Labute approximate surface area is 152 Å². The largest absolute Gasteiger partial charge is 0.472 e. The first-order valence-electron chi connectivity index (χ1n) is 8.63. The number of hydrogen-bond acceptors (Lipinski definition) is 4. The maximum absolute atomic E-state index is 13.8. The normalized spacial score (nSPS) is 18.7. The second kappa shape index (κ2) is 8.62. The number of nitrogens with zero attached hydrogens (tertiary/aromatic N) is 3. The minimum absolute atomic E-state index is 0.0277. The van der Waals surface area contributed by atoms with E-state index < -0.39 is 11.9 Å². The second-order valence-corrected chi connectivity index (χ2v) is 6.11. The highest BCUT2D eigenvalue weighted by Gasteiger charge is 2.27. The van der Waals surface area contributed by atoms with Gasteiger partial charge in [-0.05, 0) is 12.1 Å². The molecule has 0 bridgehead atoms. The summed E-state index contributed by atoms with van der Waals surface area (Å²) < 4.78 is 19.6. The number of aromatic nitrogens is 1. The highest BCUT2D eigenvalue weighted by molar-refractivity contribution is 5.80. The quantitative estimate of drug-likeness (QED) is 0.632. The Morgan fingerprint density at radius 1 is 1.38 bits per heavy atom. The zero-order valence-electron chi connectivity index (χ0n) is 14.7. The molecule has 1 aliphatic heterocycles. The number of guanidine groups is 1. The number of ether oxygens (including phenoxy) is 1. The molecule has 3 rings (SSSR count). The van der Waals surface area contributed by atoms with E-state index in [0.29, 0.717) is 18.4 Å². The van der Waals surface area contributed by atoms with Crippen molar-refractivity contribution in [2.75, 3.05) is 26.7 Å². The molecule has 1 fully saturated rings. The highest BCUT2D eigenvalue weighted by atomic mass is 19.1. The fraction of sp³-hybridized carbons (Fsp3) is 0.368. The number of pyridine rings is 1. The number of aliphatic hydroxyl groups excluding tert-OH is 1. The van der Waals surface area contributed by atoms with Gasteiger partial charge in [0.1, 0.15) is 11.9 Å². The minimum atomic E-state index is -0.948. The molecular weight excluding hydrogens is 335 g/mol. The van der Waals surface area contributed by atoms with Gasteiger partial charge in [0, 0.05) is 44.4 Å². The molecule has 0 saturated carbocycles. The predicted octanol–water partition coefficient (Wildman–Crippen LogP) is 1.98. The number of likely N-dealkylation sites (tertiary alicyclic amines) is 1. The smallest absolute Gasteiger partial charge is 0.213 e. The molecule has 26 heavy (non-hydrogen) atoms. The second-order valence-electron chi connectivity index (χ2n) is 6.11. The van der Waals surface area contributed by atoms with Crippen LogP contribution >= 0.6 is 0 Å². The lowest BCUT2D eigenvalue weighted by molar-refractivity contribution is 0.174. The molecule has 2 heterocycles. The average molecular weight is 358 g/mol. The van der Waals surface area contributed by atoms with Crippen LogP contribution in [0.2, 0.25) is 0 Å². The van der Waals surface area contributed by atoms with Gasteiger partial charge in [-0.1, -0.05) is 24.3 Å². The summed E-state index contributed by atoms with van der Waals surface area (Å²) in [5, 5.41) is 13.3. The van der Waals surface area contributed by atoms with Gasteiger partial charge in [0.2, 0.25) is 5.88 Å². The first kappa shape index (κ1) is 18.1.